The first-order valence-corrected chi connectivity index (χ1v) is 11.4. The molecule has 0 spiro atoms. The number of imide groups is 1. The second-order valence-corrected chi connectivity index (χ2v) is 8.87. The number of halogens is 1. The first-order valence-electron chi connectivity index (χ1n) is 11.0. The Morgan fingerprint density at radius 3 is 2.49 bits per heavy atom. The Balaban J connectivity index is 1.46. The molecule has 1 fully saturated rings. The SMILES string of the molecule is COc1ccc(N2C(=O)[C@H](N3C(=O)c4cccc([N+](=O)[O-])c4C3=O)[C@H]2c2ccc3c(c2)OCO3)cc1Cl. The van der Waals surface area contributed by atoms with Crippen molar-refractivity contribution in [3.63, 3.8) is 0 Å². The number of β-lactam (4-membered cyclic amide) rings is 1. The summed E-state index contributed by atoms with van der Waals surface area (Å²) in [4.78, 5) is 53.4. The highest BCUT2D eigenvalue weighted by molar-refractivity contribution is 6.32. The van der Waals surface area contributed by atoms with Crippen molar-refractivity contribution in [3.05, 3.63) is 86.4 Å². The molecule has 0 aliphatic carbocycles. The van der Waals surface area contributed by atoms with E-state index in [1.165, 1.54) is 24.1 Å². The standard InChI is InChI=1S/C25H16ClN3O8/c1-35-17-8-6-13(10-15(17)26)27-21(12-5-7-18-19(9-12)37-11-36-18)22(25(27)32)28-23(30)14-3-2-4-16(29(33)34)20(14)24(28)31/h2-10,21-22H,11H2,1H3/t21-,22-/m1/s1. The van der Waals surface area contributed by atoms with Gasteiger partial charge in [0, 0.05) is 11.8 Å². The third kappa shape index (κ3) is 3.24. The van der Waals surface area contributed by atoms with E-state index in [2.05, 4.69) is 0 Å². The zero-order valence-corrected chi connectivity index (χ0v) is 19.8. The number of methoxy groups -OCH3 is 1. The van der Waals surface area contributed by atoms with Crippen LogP contribution in [0.1, 0.15) is 32.3 Å². The molecule has 3 aromatic carbocycles. The molecule has 0 saturated carbocycles. The van der Waals surface area contributed by atoms with Crippen LogP contribution in [0.4, 0.5) is 11.4 Å². The Morgan fingerprint density at radius 2 is 1.76 bits per heavy atom. The van der Waals surface area contributed by atoms with Gasteiger partial charge in [0.1, 0.15) is 17.4 Å². The molecule has 1 saturated heterocycles. The molecule has 3 heterocycles. The zero-order chi connectivity index (χ0) is 26.0. The van der Waals surface area contributed by atoms with E-state index in [0.29, 0.717) is 28.5 Å². The summed E-state index contributed by atoms with van der Waals surface area (Å²) in [5.74, 6) is -0.866. The molecule has 12 heteroatoms. The monoisotopic (exact) mass is 521 g/mol. The third-order valence-corrected chi connectivity index (χ3v) is 6.91. The fourth-order valence-corrected chi connectivity index (χ4v) is 5.19. The lowest BCUT2D eigenvalue weighted by molar-refractivity contribution is -0.385. The summed E-state index contributed by atoms with van der Waals surface area (Å²) in [7, 11) is 1.46. The van der Waals surface area contributed by atoms with E-state index in [-0.39, 0.29) is 22.9 Å². The summed E-state index contributed by atoms with van der Waals surface area (Å²) < 4.78 is 16.1. The molecular formula is C25H16ClN3O8. The number of ether oxygens (including phenoxy) is 3. The molecule has 3 aromatic rings. The van der Waals surface area contributed by atoms with E-state index in [1.54, 1.807) is 36.4 Å². The fourth-order valence-electron chi connectivity index (χ4n) is 4.94. The van der Waals surface area contributed by atoms with Gasteiger partial charge in [0.15, 0.2) is 11.5 Å². The van der Waals surface area contributed by atoms with Crippen LogP contribution in [0.15, 0.2) is 54.6 Å². The normalized spacial score (nSPS) is 19.7. The van der Waals surface area contributed by atoms with Crippen LogP contribution in [0.25, 0.3) is 0 Å². The maximum atomic E-state index is 13.6. The minimum absolute atomic E-state index is 0.0334. The minimum atomic E-state index is -1.26. The Hall–Kier alpha value is -4.64. The number of carbonyl (C=O) groups is 3. The molecule has 0 N–H and O–H groups in total. The van der Waals surface area contributed by atoms with Crippen LogP contribution >= 0.6 is 11.6 Å². The second kappa shape index (κ2) is 8.20. The Labute approximate surface area is 213 Å². The molecule has 3 aliphatic rings. The van der Waals surface area contributed by atoms with Gasteiger partial charge in [-0.3, -0.25) is 29.4 Å². The maximum absolute atomic E-state index is 13.6. The Morgan fingerprint density at radius 1 is 0.973 bits per heavy atom. The lowest BCUT2D eigenvalue weighted by Gasteiger charge is -2.49. The van der Waals surface area contributed by atoms with Crippen LogP contribution in [-0.2, 0) is 4.79 Å². The van der Waals surface area contributed by atoms with E-state index < -0.39 is 40.4 Å². The van der Waals surface area contributed by atoms with Gasteiger partial charge in [0.25, 0.3) is 23.4 Å². The van der Waals surface area contributed by atoms with Gasteiger partial charge < -0.3 is 19.1 Å². The van der Waals surface area contributed by atoms with Gasteiger partial charge >= 0.3 is 0 Å². The van der Waals surface area contributed by atoms with Gasteiger partial charge in [-0.05, 0) is 42.0 Å². The number of fused-ring (bicyclic) bond motifs is 2. The molecule has 186 valence electrons. The molecule has 3 aliphatic heterocycles. The third-order valence-electron chi connectivity index (χ3n) is 6.62. The molecule has 37 heavy (non-hydrogen) atoms. The van der Waals surface area contributed by atoms with E-state index >= 15 is 0 Å². The van der Waals surface area contributed by atoms with Crippen molar-refractivity contribution in [1.82, 2.24) is 4.90 Å². The topological polar surface area (TPSA) is 129 Å². The lowest BCUT2D eigenvalue weighted by Crippen LogP contribution is -2.67. The highest BCUT2D eigenvalue weighted by atomic mass is 35.5. The summed E-state index contributed by atoms with van der Waals surface area (Å²) in [6, 6.07) is 11.6. The summed E-state index contributed by atoms with van der Waals surface area (Å²) in [5, 5.41) is 11.8. The summed E-state index contributed by atoms with van der Waals surface area (Å²) in [6.07, 6.45) is 0. The number of nitro benzene ring substituents is 1. The number of nitrogens with zero attached hydrogens (tertiary/aromatic N) is 3. The molecule has 2 atom stereocenters. The zero-order valence-electron chi connectivity index (χ0n) is 19.0. The van der Waals surface area contributed by atoms with E-state index in [4.69, 9.17) is 25.8 Å². The van der Waals surface area contributed by atoms with Crippen molar-refractivity contribution < 1.29 is 33.5 Å². The molecule has 0 bridgehead atoms. The lowest BCUT2D eigenvalue weighted by atomic mass is 9.86. The largest absolute Gasteiger partial charge is 0.495 e. The fraction of sp³-hybridized carbons (Fsp3) is 0.160. The van der Waals surface area contributed by atoms with Crippen molar-refractivity contribution in [1.29, 1.82) is 0 Å². The second-order valence-electron chi connectivity index (χ2n) is 8.47. The van der Waals surface area contributed by atoms with Crippen LogP contribution < -0.4 is 19.1 Å². The summed E-state index contributed by atoms with van der Waals surface area (Å²) >= 11 is 6.31. The van der Waals surface area contributed by atoms with Gasteiger partial charge in [0.05, 0.1) is 28.7 Å². The minimum Gasteiger partial charge on any atom is -0.495 e. The van der Waals surface area contributed by atoms with Crippen molar-refractivity contribution >= 4 is 40.7 Å². The van der Waals surface area contributed by atoms with Crippen LogP contribution in [0.2, 0.25) is 5.02 Å². The van der Waals surface area contributed by atoms with Crippen molar-refractivity contribution in [2.75, 3.05) is 18.8 Å². The molecule has 3 amide bonds. The van der Waals surface area contributed by atoms with Crippen LogP contribution in [0.3, 0.4) is 0 Å². The van der Waals surface area contributed by atoms with Gasteiger partial charge in [-0.1, -0.05) is 23.7 Å². The number of carbonyl (C=O) groups excluding carboxylic acids is 3. The van der Waals surface area contributed by atoms with Gasteiger partial charge in [0.2, 0.25) is 6.79 Å². The molecular weight excluding hydrogens is 506 g/mol. The van der Waals surface area contributed by atoms with E-state index in [1.807, 2.05) is 0 Å². The highest BCUT2D eigenvalue weighted by Gasteiger charge is 2.58. The number of benzene rings is 3. The van der Waals surface area contributed by atoms with Gasteiger partial charge in [-0.25, -0.2) is 0 Å². The predicted octanol–water partition coefficient (Wildman–Crippen LogP) is 3.74. The Kier molecular flexibility index (Phi) is 5.06. The average molecular weight is 522 g/mol. The van der Waals surface area contributed by atoms with E-state index in [9.17, 15) is 24.5 Å². The van der Waals surface area contributed by atoms with E-state index in [0.717, 1.165) is 11.0 Å². The predicted molar refractivity (Wildman–Crippen MR) is 128 cm³/mol. The van der Waals surface area contributed by atoms with Crippen LogP contribution in [0.5, 0.6) is 17.2 Å². The molecule has 0 unspecified atom stereocenters. The smallest absolute Gasteiger partial charge is 0.282 e. The number of anilines is 1. The van der Waals surface area contributed by atoms with Gasteiger partial charge in [-0.2, -0.15) is 0 Å². The molecule has 0 radical (unpaired) electrons. The van der Waals surface area contributed by atoms with Crippen LogP contribution in [0, 0.1) is 10.1 Å². The molecule has 0 aromatic heterocycles. The van der Waals surface area contributed by atoms with Crippen molar-refractivity contribution in [2.45, 2.75) is 12.1 Å². The first-order chi connectivity index (χ1) is 17.8. The number of amides is 3. The number of hydrogen-bond acceptors (Lipinski definition) is 8. The summed E-state index contributed by atoms with van der Waals surface area (Å²) in [6.45, 7) is 0.0334. The van der Waals surface area contributed by atoms with Crippen molar-refractivity contribution in [2.24, 2.45) is 0 Å². The number of nitro groups is 1. The molecule has 6 rings (SSSR count). The van der Waals surface area contributed by atoms with Crippen molar-refractivity contribution in [3.8, 4) is 17.2 Å². The summed E-state index contributed by atoms with van der Waals surface area (Å²) in [5.41, 5.74) is 0.0238. The van der Waals surface area contributed by atoms with Crippen LogP contribution in [-0.4, -0.2) is 47.5 Å². The number of hydrogen-bond donors (Lipinski definition) is 0. The quantitative estimate of drug-likeness (QED) is 0.215. The highest BCUT2D eigenvalue weighted by Crippen LogP contribution is 2.48. The maximum Gasteiger partial charge on any atom is 0.282 e. The molecule has 11 nitrogen and oxygen atoms in total. The Bertz CT molecular complexity index is 1540. The first kappa shape index (κ1) is 22.8. The average Bonchev–Trinajstić information content (AvgIpc) is 3.45. The number of rotatable bonds is 5. The van der Waals surface area contributed by atoms with Gasteiger partial charge in [-0.15, -0.1) is 0 Å².